The fourth-order valence-corrected chi connectivity index (χ4v) is 9.39. The van der Waals surface area contributed by atoms with Crippen molar-refractivity contribution in [3.63, 3.8) is 0 Å². The number of rotatable bonds is 5. The molecule has 0 radical (unpaired) electrons. The van der Waals surface area contributed by atoms with Crippen LogP contribution >= 0.6 is 0 Å². The fourth-order valence-electron chi connectivity index (χ4n) is 9.39. The molecule has 0 aliphatic heterocycles. The van der Waals surface area contributed by atoms with Crippen LogP contribution in [0.3, 0.4) is 0 Å². The number of hydrogen-bond donors (Lipinski definition) is 0. The first kappa shape index (κ1) is 31.7. The summed E-state index contributed by atoms with van der Waals surface area (Å²) in [5, 5.41) is 7.53. The zero-order valence-corrected chi connectivity index (χ0v) is 31.0. The largest absolute Gasteiger partial charge is 0.309 e. The summed E-state index contributed by atoms with van der Waals surface area (Å²) in [7, 11) is 0. The van der Waals surface area contributed by atoms with Gasteiger partial charge in [-0.25, -0.2) is 0 Å². The normalized spacial score (nSPS) is 11.9. The predicted octanol–water partition coefficient (Wildman–Crippen LogP) is 14.3. The van der Waals surface area contributed by atoms with Crippen LogP contribution < -0.4 is 0 Å². The van der Waals surface area contributed by atoms with E-state index in [1.54, 1.807) is 0 Å². The third kappa shape index (κ3) is 4.73. The topological polar surface area (TPSA) is 14.8 Å². The minimum absolute atomic E-state index is 1.13. The van der Waals surface area contributed by atoms with Gasteiger partial charge < -0.3 is 13.7 Å². The summed E-state index contributed by atoms with van der Waals surface area (Å²) in [5.74, 6) is 0. The molecule has 3 aromatic heterocycles. The molecule has 3 heterocycles. The first-order valence-corrected chi connectivity index (χ1v) is 19.6. The number of benzene rings is 9. The molecule has 0 amide bonds. The third-order valence-electron chi connectivity index (χ3n) is 11.8. The van der Waals surface area contributed by atoms with Crippen molar-refractivity contribution >= 4 is 65.4 Å². The fraction of sp³-hybridized carbons (Fsp3) is 0. The van der Waals surface area contributed by atoms with Crippen LogP contribution in [0.1, 0.15) is 0 Å². The van der Waals surface area contributed by atoms with Gasteiger partial charge in [0.2, 0.25) is 0 Å². The first-order valence-electron chi connectivity index (χ1n) is 19.6. The molecule has 0 spiro atoms. The van der Waals surface area contributed by atoms with Crippen LogP contribution in [-0.4, -0.2) is 13.7 Å². The van der Waals surface area contributed by atoms with E-state index in [2.05, 4.69) is 226 Å². The molecule has 0 unspecified atom stereocenters. The Labute approximate surface area is 329 Å². The molecular formula is C54H35N3. The summed E-state index contributed by atoms with van der Waals surface area (Å²) < 4.78 is 7.32. The molecule has 266 valence electrons. The maximum atomic E-state index is 2.47. The van der Waals surface area contributed by atoms with Crippen LogP contribution in [0, 0.1) is 0 Å². The van der Waals surface area contributed by atoms with Crippen molar-refractivity contribution in [2.45, 2.75) is 0 Å². The lowest BCUT2D eigenvalue weighted by molar-refractivity contribution is 1.16. The second-order valence-corrected chi connectivity index (χ2v) is 14.9. The molecule has 0 aliphatic rings. The molecular weight excluding hydrogens is 691 g/mol. The Hall–Kier alpha value is -7.62. The van der Waals surface area contributed by atoms with E-state index in [0.717, 1.165) is 11.4 Å². The van der Waals surface area contributed by atoms with Gasteiger partial charge in [-0.3, -0.25) is 0 Å². The highest BCUT2D eigenvalue weighted by Crippen LogP contribution is 2.43. The molecule has 0 fully saturated rings. The van der Waals surface area contributed by atoms with Crippen LogP contribution in [0.15, 0.2) is 212 Å². The quantitative estimate of drug-likeness (QED) is 0.168. The SMILES string of the molecule is c1ccc(-c2cccc(-c3ccc(-n4c5ccccc5c5cc6c7ccccc7n(-c7ccccc7)c6cc54)cc3)c2-n2c3ccccc3c3ccccc32)cc1. The van der Waals surface area contributed by atoms with E-state index in [1.807, 2.05) is 0 Å². The van der Waals surface area contributed by atoms with Crippen LogP contribution in [0.4, 0.5) is 0 Å². The summed E-state index contributed by atoms with van der Waals surface area (Å²) in [4.78, 5) is 0. The standard InChI is InChI=1S/C54H35N3/c1-3-16-36(17-4-1)40-24-15-25-41(54(40)57-50-28-13-7-20-42(50)43-21-8-14-29-51(43)57)37-30-32-39(33-31-37)56-49-27-12-10-23-45(49)47-34-46-44-22-9-11-26-48(44)55(52(46)35-53(47)56)38-18-5-2-6-19-38/h1-35H. The second kappa shape index (κ2) is 12.5. The lowest BCUT2D eigenvalue weighted by Gasteiger charge is -2.19. The molecule has 0 aliphatic carbocycles. The molecule has 0 N–H and O–H groups in total. The van der Waals surface area contributed by atoms with Crippen molar-refractivity contribution in [1.29, 1.82) is 0 Å². The molecule has 0 saturated heterocycles. The zero-order valence-electron chi connectivity index (χ0n) is 31.0. The number of nitrogens with zero attached hydrogens (tertiary/aromatic N) is 3. The van der Waals surface area contributed by atoms with E-state index in [0.29, 0.717) is 0 Å². The van der Waals surface area contributed by atoms with Crippen molar-refractivity contribution in [1.82, 2.24) is 13.7 Å². The van der Waals surface area contributed by atoms with Crippen LogP contribution in [-0.2, 0) is 0 Å². The van der Waals surface area contributed by atoms with E-state index in [9.17, 15) is 0 Å². The lowest BCUT2D eigenvalue weighted by Crippen LogP contribution is -2.01. The number of aromatic nitrogens is 3. The Morgan fingerprint density at radius 1 is 0.228 bits per heavy atom. The molecule has 12 rings (SSSR count). The van der Waals surface area contributed by atoms with E-state index in [4.69, 9.17) is 0 Å². The van der Waals surface area contributed by atoms with Gasteiger partial charge in [-0.1, -0.05) is 152 Å². The van der Waals surface area contributed by atoms with E-state index in [-0.39, 0.29) is 0 Å². The summed E-state index contributed by atoms with van der Waals surface area (Å²) in [6, 6.07) is 77.4. The van der Waals surface area contributed by atoms with Gasteiger partial charge in [-0.15, -0.1) is 0 Å². The van der Waals surface area contributed by atoms with Crippen molar-refractivity contribution in [2.75, 3.05) is 0 Å². The summed E-state index contributed by atoms with van der Waals surface area (Å²) in [6.45, 7) is 0. The Kier molecular flexibility index (Phi) is 6.93. The lowest BCUT2D eigenvalue weighted by atomic mass is 9.95. The van der Waals surface area contributed by atoms with Crippen molar-refractivity contribution in [3.8, 4) is 39.3 Å². The van der Waals surface area contributed by atoms with Crippen molar-refractivity contribution < 1.29 is 0 Å². The molecule has 3 nitrogen and oxygen atoms in total. The summed E-state index contributed by atoms with van der Waals surface area (Å²) in [5.41, 5.74) is 15.4. The first-order chi connectivity index (χ1) is 28.3. The van der Waals surface area contributed by atoms with Gasteiger partial charge in [0.25, 0.3) is 0 Å². The number of para-hydroxylation sites is 6. The number of fused-ring (bicyclic) bond motifs is 9. The summed E-state index contributed by atoms with van der Waals surface area (Å²) in [6.07, 6.45) is 0. The van der Waals surface area contributed by atoms with Gasteiger partial charge >= 0.3 is 0 Å². The molecule has 0 saturated carbocycles. The average Bonchev–Trinajstić information content (AvgIpc) is 3.91. The highest BCUT2D eigenvalue weighted by atomic mass is 15.0. The molecule has 57 heavy (non-hydrogen) atoms. The van der Waals surface area contributed by atoms with Crippen LogP contribution in [0.25, 0.3) is 105 Å². The summed E-state index contributed by atoms with van der Waals surface area (Å²) >= 11 is 0. The van der Waals surface area contributed by atoms with Gasteiger partial charge in [0, 0.05) is 54.8 Å². The Morgan fingerprint density at radius 2 is 0.614 bits per heavy atom. The second-order valence-electron chi connectivity index (χ2n) is 14.9. The van der Waals surface area contributed by atoms with Crippen LogP contribution in [0.5, 0.6) is 0 Å². The average molecular weight is 726 g/mol. The minimum Gasteiger partial charge on any atom is -0.309 e. The van der Waals surface area contributed by atoms with Crippen molar-refractivity contribution in [2.24, 2.45) is 0 Å². The molecule has 3 heteroatoms. The maximum Gasteiger partial charge on any atom is 0.0618 e. The van der Waals surface area contributed by atoms with Crippen LogP contribution in [0.2, 0.25) is 0 Å². The Bertz CT molecular complexity index is 3440. The molecule has 12 aromatic rings. The van der Waals surface area contributed by atoms with Gasteiger partial charge in [0.05, 0.1) is 38.8 Å². The smallest absolute Gasteiger partial charge is 0.0618 e. The minimum atomic E-state index is 1.13. The number of hydrogen-bond acceptors (Lipinski definition) is 0. The Morgan fingerprint density at radius 3 is 1.12 bits per heavy atom. The van der Waals surface area contributed by atoms with E-state index >= 15 is 0 Å². The predicted molar refractivity (Wildman–Crippen MR) is 240 cm³/mol. The zero-order chi connectivity index (χ0) is 37.5. The monoisotopic (exact) mass is 725 g/mol. The van der Waals surface area contributed by atoms with Gasteiger partial charge in [-0.05, 0) is 71.8 Å². The van der Waals surface area contributed by atoms with Crippen molar-refractivity contribution in [3.05, 3.63) is 212 Å². The molecule has 0 bridgehead atoms. The maximum absolute atomic E-state index is 2.47. The van der Waals surface area contributed by atoms with Gasteiger partial charge in [0.15, 0.2) is 0 Å². The highest BCUT2D eigenvalue weighted by Gasteiger charge is 2.21. The molecule has 0 atom stereocenters. The highest BCUT2D eigenvalue weighted by molar-refractivity contribution is 6.19. The molecule has 9 aromatic carbocycles. The van der Waals surface area contributed by atoms with Gasteiger partial charge in [-0.2, -0.15) is 0 Å². The third-order valence-corrected chi connectivity index (χ3v) is 11.8. The Balaban J connectivity index is 1.09. The van der Waals surface area contributed by atoms with Gasteiger partial charge in [0.1, 0.15) is 0 Å². The van der Waals surface area contributed by atoms with E-state index < -0.39 is 0 Å². The van der Waals surface area contributed by atoms with E-state index in [1.165, 1.54) is 93.4 Å².